The smallest absolute Gasteiger partial charge is 0.122 e. The quantitative estimate of drug-likeness (QED) is 0.739. The summed E-state index contributed by atoms with van der Waals surface area (Å²) < 4.78 is 5.39. The molecule has 14 heavy (non-hydrogen) atoms. The molecule has 0 heterocycles. The summed E-state index contributed by atoms with van der Waals surface area (Å²) in [5.74, 6) is 1.01. The van der Waals surface area contributed by atoms with E-state index in [1.807, 2.05) is 0 Å². The molecule has 1 aliphatic carbocycles. The summed E-state index contributed by atoms with van der Waals surface area (Å²) in [5, 5.41) is 0. The van der Waals surface area contributed by atoms with Crippen molar-refractivity contribution in [1.29, 1.82) is 0 Å². The van der Waals surface area contributed by atoms with Crippen molar-refractivity contribution in [2.45, 2.75) is 32.2 Å². The fraction of sp³-hybridized carbons (Fsp3) is 0.500. The maximum Gasteiger partial charge on any atom is 0.122 e. The van der Waals surface area contributed by atoms with E-state index in [4.69, 9.17) is 10.5 Å². The highest BCUT2D eigenvalue weighted by molar-refractivity contribution is 5.46. The van der Waals surface area contributed by atoms with E-state index in [0.717, 1.165) is 18.6 Å². The molecular formula is C12H17NO. The van der Waals surface area contributed by atoms with E-state index in [9.17, 15) is 0 Å². The van der Waals surface area contributed by atoms with E-state index in [0.29, 0.717) is 0 Å². The van der Waals surface area contributed by atoms with Gasteiger partial charge in [0.2, 0.25) is 0 Å². The average molecular weight is 191 g/mol. The topological polar surface area (TPSA) is 35.2 Å². The largest absolute Gasteiger partial charge is 0.496 e. The van der Waals surface area contributed by atoms with Crippen molar-refractivity contribution in [3.63, 3.8) is 0 Å². The zero-order chi connectivity index (χ0) is 10.1. The Balaban J connectivity index is 2.54. The number of methoxy groups -OCH3 is 1. The Morgan fingerprint density at radius 1 is 1.43 bits per heavy atom. The maximum atomic E-state index is 6.08. The molecule has 0 amide bonds. The van der Waals surface area contributed by atoms with Crippen LogP contribution in [0, 0.1) is 6.92 Å². The summed E-state index contributed by atoms with van der Waals surface area (Å²) in [7, 11) is 1.73. The molecule has 1 aliphatic rings. The molecule has 76 valence electrons. The molecule has 0 saturated carbocycles. The molecule has 0 saturated heterocycles. The average Bonchev–Trinajstić information content (AvgIpc) is 2.18. The minimum Gasteiger partial charge on any atom is -0.496 e. The fourth-order valence-corrected chi connectivity index (χ4v) is 2.24. The number of rotatable bonds is 1. The number of nitrogens with two attached hydrogens (primary N) is 1. The third-order valence-corrected chi connectivity index (χ3v) is 2.95. The Kier molecular flexibility index (Phi) is 2.46. The number of fused-ring (bicyclic) bond motifs is 1. The lowest BCUT2D eigenvalue weighted by atomic mass is 9.86. The van der Waals surface area contributed by atoms with Crippen LogP contribution in [0.15, 0.2) is 12.1 Å². The van der Waals surface area contributed by atoms with Crippen molar-refractivity contribution in [1.82, 2.24) is 0 Å². The molecule has 0 radical (unpaired) electrons. The van der Waals surface area contributed by atoms with E-state index < -0.39 is 0 Å². The van der Waals surface area contributed by atoms with Gasteiger partial charge in [-0.25, -0.2) is 0 Å². The second kappa shape index (κ2) is 3.62. The van der Waals surface area contributed by atoms with E-state index in [2.05, 4.69) is 19.1 Å². The van der Waals surface area contributed by atoms with E-state index in [-0.39, 0.29) is 6.04 Å². The molecule has 0 fully saturated rings. The Morgan fingerprint density at radius 3 is 2.93 bits per heavy atom. The normalized spacial score (nSPS) is 20.4. The lowest BCUT2D eigenvalue weighted by Crippen LogP contribution is -2.18. The summed E-state index contributed by atoms with van der Waals surface area (Å²) in [6.45, 7) is 2.09. The standard InChI is InChI=1S/C12H17NO/c1-8-6-10-9(12(7-8)14-2)4-3-5-11(10)13/h6-7,11H,3-5,13H2,1-2H3/t11-/m0/s1. The van der Waals surface area contributed by atoms with Gasteiger partial charge in [0, 0.05) is 6.04 Å². The molecular weight excluding hydrogens is 174 g/mol. The number of hydrogen-bond acceptors (Lipinski definition) is 2. The second-order valence-electron chi connectivity index (χ2n) is 4.03. The monoisotopic (exact) mass is 191 g/mol. The van der Waals surface area contributed by atoms with Crippen molar-refractivity contribution in [3.05, 3.63) is 28.8 Å². The molecule has 2 nitrogen and oxygen atoms in total. The number of benzene rings is 1. The van der Waals surface area contributed by atoms with Crippen LogP contribution >= 0.6 is 0 Å². The molecule has 2 heteroatoms. The van der Waals surface area contributed by atoms with Gasteiger partial charge in [-0.05, 0) is 48.9 Å². The summed E-state index contributed by atoms with van der Waals surface area (Å²) in [4.78, 5) is 0. The Hall–Kier alpha value is -1.02. The Morgan fingerprint density at radius 2 is 2.21 bits per heavy atom. The van der Waals surface area contributed by atoms with Crippen molar-refractivity contribution in [3.8, 4) is 5.75 Å². The zero-order valence-electron chi connectivity index (χ0n) is 8.84. The summed E-state index contributed by atoms with van der Waals surface area (Å²) >= 11 is 0. The van der Waals surface area contributed by atoms with Crippen LogP contribution in [0.5, 0.6) is 5.75 Å². The highest BCUT2D eigenvalue weighted by atomic mass is 16.5. The lowest BCUT2D eigenvalue weighted by Gasteiger charge is -2.24. The maximum absolute atomic E-state index is 6.08. The van der Waals surface area contributed by atoms with Crippen LogP contribution in [0.1, 0.15) is 35.6 Å². The minimum absolute atomic E-state index is 0.201. The van der Waals surface area contributed by atoms with Gasteiger partial charge < -0.3 is 10.5 Å². The van der Waals surface area contributed by atoms with Gasteiger partial charge in [-0.1, -0.05) is 6.07 Å². The molecule has 1 atom stereocenters. The molecule has 1 aromatic carbocycles. The number of ether oxygens (including phenoxy) is 1. The van der Waals surface area contributed by atoms with Gasteiger partial charge in [-0.3, -0.25) is 0 Å². The third kappa shape index (κ3) is 1.50. The molecule has 0 bridgehead atoms. The van der Waals surface area contributed by atoms with Gasteiger partial charge in [-0.2, -0.15) is 0 Å². The highest BCUT2D eigenvalue weighted by Crippen LogP contribution is 2.34. The second-order valence-corrected chi connectivity index (χ2v) is 4.03. The number of hydrogen-bond donors (Lipinski definition) is 1. The molecule has 0 aromatic heterocycles. The zero-order valence-corrected chi connectivity index (χ0v) is 8.84. The molecule has 0 unspecified atom stereocenters. The van der Waals surface area contributed by atoms with Crippen molar-refractivity contribution >= 4 is 0 Å². The van der Waals surface area contributed by atoms with Crippen LogP contribution in [-0.4, -0.2) is 7.11 Å². The third-order valence-electron chi connectivity index (χ3n) is 2.95. The van der Waals surface area contributed by atoms with Crippen LogP contribution in [0.2, 0.25) is 0 Å². The minimum atomic E-state index is 0.201. The Bertz CT molecular complexity index is 346. The van der Waals surface area contributed by atoms with Gasteiger partial charge >= 0.3 is 0 Å². The summed E-state index contributed by atoms with van der Waals surface area (Å²) in [5.41, 5.74) is 9.92. The highest BCUT2D eigenvalue weighted by Gasteiger charge is 2.20. The van der Waals surface area contributed by atoms with Gasteiger partial charge in [0.25, 0.3) is 0 Å². The predicted octanol–water partition coefficient (Wildman–Crippen LogP) is 2.34. The lowest BCUT2D eigenvalue weighted by molar-refractivity contribution is 0.403. The summed E-state index contributed by atoms with van der Waals surface area (Å²) in [6.07, 6.45) is 3.37. The van der Waals surface area contributed by atoms with Gasteiger partial charge in [0.15, 0.2) is 0 Å². The van der Waals surface area contributed by atoms with Crippen LogP contribution in [0.3, 0.4) is 0 Å². The first-order chi connectivity index (χ1) is 6.72. The van der Waals surface area contributed by atoms with Gasteiger partial charge in [0.05, 0.1) is 7.11 Å². The first-order valence-corrected chi connectivity index (χ1v) is 5.15. The van der Waals surface area contributed by atoms with E-state index >= 15 is 0 Å². The van der Waals surface area contributed by atoms with Crippen molar-refractivity contribution in [2.24, 2.45) is 5.73 Å². The fourth-order valence-electron chi connectivity index (χ4n) is 2.24. The first-order valence-electron chi connectivity index (χ1n) is 5.15. The molecule has 1 aromatic rings. The molecule has 0 aliphatic heterocycles. The molecule has 2 N–H and O–H groups in total. The Labute approximate surface area is 85.1 Å². The van der Waals surface area contributed by atoms with Crippen molar-refractivity contribution in [2.75, 3.05) is 7.11 Å². The predicted molar refractivity (Wildman–Crippen MR) is 57.6 cm³/mol. The van der Waals surface area contributed by atoms with Gasteiger partial charge in [0.1, 0.15) is 5.75 Å². The van der Waals surface area contributed by atoms with Crippen LogP contribution in [-0.2, 0) is 6.42 Å². The SMILES string of the molecule is COc1cc(C)cc2c1CCC[C@@H]2N. The number of aryl methyl sites for hydroxylation is 1. The van der Waals surface area contributed by atoms with Crippen LogP contribution < -0.4 is 10.5 Å². The van der Waals surface area contributed by atoms with Crippen LogP contribution in [0.25, 0.3) is 0 Å². The van der Waals surface area contributed by atoms with E-state index in [1.165, 1.54) is 23.1 Å². The van der Waals surface area contributed by atoms with Crippen LogP contribution in [0.4, 0.5) is 0 Å². The molecule has 2 rings (SSSR count). The summed E-state index contributed by atoms with van der Waals surface area (Å²) in [6, 6.07) is 4.49. The van der Waals surface area contributed by atoms with Crippen molar-refractivity contribution < 1.29 is 4.74 Å². The van der Waals surface area contributed by atoms with E-state index in [1.54, 1.807) is 7.11 Å². The molecule has 0 spiro atoms. The van der Waals surface area contributed by atoms with Gasteiger partial charge in [-0.15, -0.1) is 0 Å². The first kappa shape index (κ1) is 9.53.